The van der Waals surface area contributed by atoms with Gasteiger partial charge in [-0.3, -0.25) is 0 Å². The van der Waals surface area contributed by atoms with Crippen molar-refractivity contribution in [3.63, 3.8) is 0 Å². The second-order valence-electron chi connectivity index (χ2n) is 4.11. The van der Waals surface area contributed by atoms with Crippen LogP contribution in [0.3, 0.4) is 0 Å². The van der Waals surface area contributed by atoms with Gasteiger partial charge in [0.1, 0.15) is 0 Å². The van der Waals surface area contributed by atoms with E-state index in [0.29, 0.717) is 17.3 Å². The molecule has 0 amide bonds. The van der Waals surface area contributed by atoms with Crippen molar-refractivity contribution in [3.8, 4) is 0 Å². The predicted octanol–water partition coefficient (Wildman–Crippen LogP) is 2.05. The standard InChI is InChI=1S/C9H18O/c1-5-7(10)8-6(2)9(8,3)4/h6-8,10H,5H2,1-4H3/t6-,7+,8-/m0/s1. The molecule has 1 fully saturated rings. The summed E-state index contributed by atoms with van der Waals surface area (Å²) in [4.78, 5) is 0. The summed E-state index contributed by atoms with van der Waals surface area (Å²) in [5.74, 6) is 1.26. The monoisotopic (exact) mass is 142 g/mol. The normalized spacial score (nSPS) is 39.3. The van der Waals surface area contributed by atoms with Gasteiger partial charge in [0.25, 0.3) is 0 Å². The Kier molecular flexibility index (Phi) is 1.80. The van der Waals surface area contributed by atoms with Crippen molar-refractivity contribution in [2.24, 2.45) is 17.3 Å². The molecule has 1 N–H and O–H groups in total. The highest BCUT2D eigenvalue weighted by Gasteiger charge is 2.57. The SMILES string of the molecule is CC[C@@H](O)[C@@H]1[C@H](C)C1(C)C. The van der Waals surface area contributed by atoms with Crippen LogP contribution in [0.1, 0.15) is 34.1 Å². The summed E-state index contributed by atoms with van der Waals surface area (Å²) in [5.41, 5.74) is 0.398. The molecule has 1 saturated carbocycles. The molecule has 0 unspecified atom stereocenters. The molecule has 0 aromatic heterocycles. The van der Waals surface area contributed by atoms with Crippen molar-refractivity contribution in [2.45, 2.75) is 40.2 Å². The Hall–Kier alpha value is -0.0400. The van der Waals surface area contributed by atoms with Crippen LogP contribution in [0, 0.1) is 17.3 Å². The van der Waals surface area contributed by atoms with E-state index in [2.05, 4.69) is 20.8 Å². The van der Waals surface area contributed by atoms with Crippen LogP contribution < -0.4 is 0 Å². The fourth-order valence-corrected chi connectivity index (χ4v) is 2.02. The molecule has 0 radical (unpaired) electrons. The van der Waals surface area contributed by atoms with E-state index in [9.17, 15) is 5.11 Å². The Labute approximate surface area is 63.4 Å². The molecule has 1 nitrogen and oxygen atoms in total. The lowest BCUT2D eigenvalue weighted by Gasteiger charge is -2.07. The molecule has 3 atom stereocenters. The topological polar surface area (TPSA) is 20.2 Å². The average molecular weight is 142 g/mol. The highest BCUT2D eigenvalue weighted by molar-refractivity contribution is 5.05. The number of aliphatic hydroxyl groups is 1. The van der Waals surface area contributed by atoms with E-state index in [0.717, 1.165) is 6.42 Å². The van der Waals surface area contributed by atoms with Gasteiger partial charge in [-0.05, 0) is 23.7 Å². The van der Waals surface area contributed by atoms with Crippen molar-refractivity contribution in [2.75, 3.05) is 0 Å². The van der Waals surface area contributed by atoms with Crippen molar-refractivity contribution in [1.82, 2.24) is 0 Å². The minimum absolute atomic E-state index is 0.0648. The minimum atomic E-state index is -0.0648. The molecule has 0 bridgehead atoms. The fraction of sp³-hybridized carbons (Fsp3) is 1.00. The molecule has 0 spiro atoms. The lowest BCUT2D eigenvalue weighted by atomic mass is 10.0. The first-order valence-electron chi connectivity index (χ1n) is 4.19. The summed E-state index contributed by atoms with van der Waals surface area (Å²) in [6.45, 7) is 8.75. The Morgan fingerprint density at radius 2 is 1.90 bits per heavy atom. The van der Waals surface area contributed by atoms with Gasteiger partial charge in [-0.1, -0.05) is 27.7 Å². The van der Waals surface area contributed by atoms with E-state index >= 15 is 0 Å². The quantitative estimate of drug-likeness (QED) is 0.625. The molecule has 1 rings (SSSR count). The number of hydrogen-bond donors (Lipinski definition) is 1. The smallest absolute Gasteiger partial charge is 0.0573 e. The van der Waals surface area contributed by atoms with Gasteiger partial charge in [-0.2, -0.15) is 0 Å². The van der Waals surface area contributed by atoms with Crippen LogP contribution in [-0.2, 0) is 0 Å². The van der Waals surface area contributed by atoms with Crippen LogP contribution in [-0.4, -0.2) is 11.2 Å². The first-order chi connectivity index (χ1) is 4.51. The molecule has 1 heteroatoms. The number of rotatable bonds is 2. The van der Waals surface area contributed by atoms with Crippen LogP contribution in [0.4, 0.5) is 0 Å². The second-order valence-corrected chi connectivity index (χ2v) is 4.11. The van der Waals surface area contributed by atoms with Gasteiger partial charge < -0.3 is 5.11 Å². The van der Waals surface area contributed by atoms with Gasteiger partial charge in [-0.25, -0.2) is 0 Å². The zero-order valence-corrected chi connectivity index (χ0v) is 7.39. The van der Waals surface area contributed by atoms with Gasteiger partial charge in [-0.15, -0.1) is 0 Å². The van der Waals surface area contributed by atoms with Gasteiger partial charge in [0.2, 0.25) is 0 Å². The Morgan fingerprint density at radius 3 is 2.00 bits per heavy atom. The summed E-state index contributed by atoms with van der Waals surface area (Å²) in [7, 11) is 0. The molecule has 60 valence electrons. The van der Waals surface area contributed by atoms with Crippen LogP contribution in [0.5, 0.6) is 0 Å². The number of aliphatic hydroxyl groups excluding tert-OH is 1. The molecular weight excluding hydrogens is 124 g/mol. The Morgan fingerprint density at radius 1 is 1.50 bits per heavy atom. The summed E-state index contributed by atoms with van der Waals surface area (Å²) in [6, 6.07) is 0. The predicted molar refractivity (Wildman–Crippen MR) is 42.7 cm³/mol. The van der Waals surface area contributed by atoms with Gasteiger partial charge in [0.15, 0.2) is 0 Å². The third-order valence-electron chi connectivity index (χ3n) is 3.30. The Balaban J connectivity index is 2.48. The summed E-state index contributed by atoms with van der Waals surface area (Å²) in [5, 5.41) is 9.50. The summed E-state index contributed by atoms with van der Waals surface area (Å²) in [6.07, 6.45) is 0.836. The van der Waals surface area contributed by atoms with E-state index in [4.69, 9.17) is 0 Å². The summed E-state index contributed by atoms with van der Waals surface area (Å²) < 4.78 is 0. The van der Waals surface area contributed by atoms with Crippen LogP contribution in [0.15, 0.2) is 0 Å². The lowest BCUT2D eigenvalue weighted by Crippen LogP contribution is -2.11. The van der Waals surface area contributed by atoms with E-state index in [1.54, 1.807) is 0 Å². The number of hydrogen-bond acceptors (Lipinski definition) is 1. The van der Waals surface area contributed by atoms with Crippen molar-refractivity contribution in [3.05, 3.63) is 0 Å². The van der Waals surface area contributed by atoms with Crippen LogP contribution in [0.25, 0.3) is 0 Å². The first kappa shape index (κ1) is 8.06. The average Bonchev–Trinajstić information content (AvgIpc) is 2.33. The maximum atomic E-state index is 9.50. The van der Waals surface area contributed by atoms with E-state index < -0.39 is 0 Å². The molecule has 0 heterocycles. The largest absolute Gasteiger partial charge is 0.393 e. The van der Waals surface area contributed by atoms with Crippen LogP contribution in [0.2, 0.25) is 0 Å². The fourth-order valence-electron chi connectivity index (χ4n) is 2.02. The maximum Gasteiger partial charge on any atom is 0.0573 e. The van der Waals surface area contributed by atoms with E-state index in [1.807, 2.05) is 6.92 Å². The third kappa shape index (κ3) is 0.968. The van der Waals surface area contributed by atoms with Gasteiger partial charge >= 0.3 is 0 Å². The van der Waals surface area contributed by atoms with Crippen molar-refractivity contribution < 1.29 is 5.11 Å². The highest BCUT2D eigenvalue weighted by Crippen LogP contribution is 2.59. The summed E-state index contributed by atoms with van der Waals surface area (Å²) >= 11 is 0. The molecule has 10 heavy (non-hydrogen) atoms. The zero-order chi connectivity index (χ0) is 7.94. The molecule has 0 aliphatic heterocycles. The zero-order valence-electron chi connectivity index (χ0n) is 7.39. The van der Waals surface area contributed by atoms with Crippen molar-refractivity contribution in [1.29, 1.82) is 0 Å². The minimum Gasteiger partial charge on any atom is -0.393 e. The van der Waals surface area contributed by atoms with E-state index in [1.165, 1.54) is 0 Å². The molecule has 0 aromatic carbocycles. The lowest BCUT2D eigenvalue weighted by molar-refractivity contribution is 0.130. The molecular formula is C9H18O. The van der Waals surface area contributed by atoms with Crippen LogP contribution >= 0.6 is 0 Å². The Bertz CT molecular complexity index is 129. The van der Waals surface area contributed by atoms with E-state index in [-0.39, 0.29) is 6.10 Å². The maximum absolute atomic E-state index is 9.50. The molecule has 0 aromatic rings. The second kappa shape index (κ2) is 2.23. The molecule has 1 aliphatic rings. The highest BCUT2D eigenvalue weighted by atomic mass is 16.3. The molecule has 1 aliphatic carbocycles. The van der Waals surface area contributed by atoms with Gasteiger partial charge in [0.05, 0.1) is 6.10 Å². The van der Waals surface area contributed by atoms with Crippen molar-refractivity contribution >= 4 is 0 Å². The third-order valence-corrected chi connectivity index (χ3v) is 3.30. The first-order valence-corrected chi connectivity index (χ1v) is 4.19. The van der Waals surface area contributed by atoms with Gasteiger partial charge in [0, 0.05) is 0 Å². The molecule has 0 saturated heterocycles.